The third kappa shape index (κ3) is 4.11. The predicted octanol–water partition coefficient (Wildman–Crippen LogP) is 1.01. The molecule has 1 aromatic rings. The van der Waals surface area contributed by atoms with Gasteiger partial charge in [0, 0.05) is 12.6 Å². The summed E-state index contributed by atoms with van der Waals surface area (Å²) in [5, 5.41) is 10.0. The molecule has 0 aliphatic carbocycles. The van der Waals surface area contributed by atoms with E-state index in [1.54, 1.807) is 0 Å². The van der Waals surface area contributed by atoms with Crippen molar-refractivity contribution in [1.82, 2.24) is 4.90 Å². The molecule has 1 heterocycles. The van der Waals surface area contributed by atoms with E-state index in [4.69, 9.17) is 5.73 Å². The summed E-state index contributed by atoms with van der Waals surface area (Å²) in [6.45, 7) is 2.81. The minimum atomic E-state index is -0.272. The Kier molecular flexibility index (Phi) is 4.54. The van der Waals surface area contributed by atoms with Crippen LogP contribution in [0.5, 0.6) is 0 Å². The lowest BCUT2D eigenvalue weighted by molar-refractivity contribution is 0.0976. The van der Waals surface area contributed by atoms with Gasteiger partial charge in [-0.15, -0.1) is 0 Å². The zero-order valence-corrected chi connectivity index (χ0v) is 10.3. The van der Waals surface area contributed by atoms with Gasteiger partial charge in [-0.1, -0.05) is 30.3 Å². The lowest BCUT2D eigenvalue weighted by Crippen LogP contribution is -2.43. The van der Waals surface area contributed by atoms with Crippen LogP contribution in [0.3, 0.4) is 0 Å². The van der Waals surface area contributed by atoms with E-state index in [9.17, 15) is 5.11 Å². The van der Waals surface area contributed by atoms with Crippen molar-refractivity contribution < 1.29 is 5.11 Å². The van der Waals surface area contributed by atoms with E-state index in [0.29, 0.717) is 6.04 Å². The molecule has 0 aromatic heterocycles. The van der Waals surface area contributed by atoms with Crippen LogP contribution in [0.15, 0.2) is 30.3 Å². The molecule has 2 rings (SSSR count). The molecule has 1 unspecified atom stereocenters. The van der Waals surface area contributed by atoms with Crippen LogP contribution in [0.4, 0.5) is 0 Å². The quantitative estimate of drug-likeness (QED) is 0.817. The Labute approximate surface area is 103 Å². The first-order chi connectivity index (χ1) is 8.24. The average molecular weight is 234 g/mol. The normalized spacial score (nSPS) is 20.4. The highest BCUT2D eigenvalue weighted by Crippen LogP contribution is 2.10. The van der Waals surface area contributed by atoms with Crippen LogP contribution in [-0.2, 0) is 6.42 Å². The van der Waals surface area contributed by atoms with Crippen molar-refractivity contribution in [1.29, 1.82) is 0 Å². The maximum Gasteiger partial charge on any atom is 0.0707 e. The summed E-state index contributed by atoms with van der Waals surface area (Å²) in [6, 6.07) is 10.5. The van der Waals surface area contributed by atoms with Gasteiger partial charge in [-0.2, -0.15) is 0 Å². The van der Waals surface area contributed by atoms with E-state index >= 15 is 0 Å². The Morgan fingerprint density at radius 1 is 1.24 bits per heavy atom. The molecule has 0 saturated carbocycles. The zero-order chi connectivity index (χ0) is 12.1. The van der Waals surface area contributed by atoms with E-state index < -0.39 is 0 Å². The maximum atomic E-state index is 10.0. The molecule has 1 aliphatic heterocycles. The van der Waals surface area contributed by atoms with Crippen LogP contribution in [0.1, 0.15) is 18.4 Å². The third-order valence-electron chi connectivity index (χ3n) is 3.42. The first-order valence-corrected chi connectivity index (χ1v) is 6.44. The van der Waals surface area contributed by atoms with Gasteiger partial charge >= 0.3 is 0 Å². The fourth-order valence-corrected chi connectivity index (χ4v) is 2.38. The Morgan fingerprint density at radius 2 is 1.88 bits per heavy atom. The molecule has 94 valence electrons. The lowest BCUT2D eigenvalue weighted by atomic mass is 10.0. The summed E-state index contributed by atoms with van der Waals surface area (Å²) in [6.07, 6.45) is 2.58. The number of piperidine rings is 1. The van der Waals surface area contributed by atoms with Crippen LogP contribution in [0, 0.1) is 0 Å². The van der Waals surface area contributed by atoms with Crippen LogP contribution in [0.25, 0.3) is 0 Å². The highest BCUT2D eigenvalue weighted by molar-refractivity contribution is 5.15. The predicted molar refractivity (Wildman–Crippen MR) is 69.8 cm³/mol. The van der Waals surface area contributed by atoms with Crippen molar-refractivity contribution in [3.63, 3.8) is 0 Å². The van der Waals surface area contributed by atoms with Gasteiger partial charge in [0.15, 0.2) is 0 Å². The Bertz CT molecular complexity index is 320. The van der Waals surface area contributed by atoms with Gasteiger partial charge in [-0.25, -0.2) is 0 Å². The zero-order valence-electron chi connectivity index (χ0n) is 10.3. The van der Waals surface area contributed by atoms with E-state index in [-0.39, 0.29) is 6.10 Å². The van der Waals surface area contributed by atoms with Gasteiger partial charge < -0.3 is 15.7 Å². The number of β-amino-alcohol motifs (C(OH)–C–C–N with tert-alkyl or cyclic N) is 1. The summed E-state index contributed by atoms with van der Waals surface area (Å²) in [4.78, 5) is 2.32. The molecule has 1 fully saturated rings. The van der Waals surface area contributed by atoms with Crippen LogP contribution in [-0.4, -0.2) is 41.8 Å². The minimum absolute atomic E-state index is 0.272. The highest BCUT2D eigenvalue weighted by Gasteiger charge is 2.18. The van der Waals surface area contributed by atoms with E-state index in [0.717, 1.165) is 38.9 Å². The number of rotatable bonds is 4. The monoisotopic (exact) mass is 234 g/mol. The smallest absolute Gasteiger partial charge is 0.0707 e. The molecule has 1 saturated heterocycles. The second-order valence-electron chi connectivity index (χ2n) is 4.98. The van der Waals surface area contributed by atoms with Gasteiger partial charge in [0.1, 0.15) is 0 Å². The molecule has 0 bridgehead atoms. The molecule has 3 nitrogen and oxygen atoms in total. The van der Waals surface area contributed by atoms with Gasteiger partial charge in [0.05, 0.1) is 6.10 Å². The van der Waals surface area contributed by atoms with Crippen molar-refractivity contribution in [2.24, 2.45) is 5.73 Å². The lowest BCUT2D eigenvalue weighted by Gasteiger charge is -2.31. The molecule has 3 N–H and O–H groups in total. The van der Waals surface area contributed by atoms with Crippen molar-refractivity contribution in [2.45, 2.75) is 31.4 Å². The van der Waals surface area contributed by atoms with Crippen molar-refractivity contribution in [2.75, 3.05) is 19.6 Å². The second kappa shape index (κ2) is 6.15. The van der Waals surface area contributed by atoms with Crippen LogP contribution >= 0.6 is 0 Å². The number of hydrogen-bond acceptors (Lipinski definition) is 3. The summed E-state index contributed by atoms with van der Waals surface area (Å²) < 4.78 is 0. The molecule has 1 atom stereocenters. The summed E-state index contributed by atoms with van der Waals surface area (Å²) in [7, 11) is 0. The molecule has 17 heavy (non-hydrogen) atoms. The summed E-state index contributed by atoms with van der Waals surface area (Å²) >= 11 is 0. The number of aliphatic hydroxyl groups is 1. The molecule has 0 radical (unpaired) electrons. The fourth-order valence-electron chi connectivity index (χ4n) is 2.38. The van der Waals surface area contributed by atoms with Gasteiger partial charge in [0.2, 0.25) is 0 Å². The van der Waals surface area contributed by atoms with Crippen molar-refractivity contribution in [3.8, 4) is 0 Å². The highest BCUT2D eigenvalue weighted by atomic mass is 16.3. The molecule has 3 heteroatoms. The SMILES string of the molecule is NC1CCN(CC(O)Cc2ccccc2)CC1. The Morgan fingerprint density at radius 3 is 2.53 bits per heavy atom. The van der Waals surface area contributed by atoms with Crippen LogP contribution < -0.4 is 5.73 Å². The summed E-state index contributed by atoms with van der Waals surface area (Å²) in [5.41, 5.74) is 7.06. The topological polar surface area (TPSA) is 49.5 Å². The molecule has 1 aromatic carbocycles. The Balaban J connectivity index is 1.76. The van der Waals surface area contributed by atoms with E-state index in [2.05, 4.69) is 17.0 Å². The second-order valence-corrected chi connectivity index (χ2v) is 4.98. The third-order valence-corrected chi connectivity index (χ3v) is 3.42. The number of nitrogens with two attached hydrogens (primary N) is 1. The van der Waals surface area contributed by atoms with Crippen molar-refractivity contribution >= 4 is 0 Å². The number of nitrogens with zero attached hydrogens (tertiary/aromatic N) is 1. The van der Waals surface area contributed by atoms with Gasteiger partial charge in [0.25, 0.3) is 0 Å². The van der Waals surface area contributed by atoms with E-state index in [1.807, 2.05) is 18.2 Å². The number of hydrogen-bond donors (Lipinski definition) is 2. The Hall–Kier alpha value is -0.900. The number of aliphatic hydroxyl groups excluding tert-OH is 1. The first kappa shape index (κ1) is 12.6. The largest absolute Gasteiger partial charge is 0.391 e. The first-order valence-electron chi connectivity index (χ1n) is 6.44. The van der Waals surface area contributed by atoms with E-state index in [1.165, 1.54) is 5.56 Å². The fraction of sp³-hybridized carbons (Fsp3) is 0.571. The standard InChI is InChI=1S/C14H22N2O/c15-13-6-8-16(9-7-13)11-14(17)10-12-4-2-1-3-5-12/h1-5,13-14,17H,6-11,15H2. The van der Waals surface area contributed by atoms with Gasteiger partial charge in [-0.05, 0) is 37.9 Å². The van der Waals surface area contributed by atoms with Crippen LogP contribution in [0.2, 0.25) is 0 Å². The molecular formula is C14H22N2O. The van der Waals surface area contributed by atoms with Crippen molar-refractivity contribution in [3.05, 3.63) is 35.9 Å². The minimum Gasteiger partial charge on any atom is -0.391 e. The molecule has 0 spiro atoms. The average Bonchev–Trinajstić information content (AvgIpc) is 2.33. The van der Waals surface area contributed by atoms with Gasteiger partial charge in [-0.3, -0.25) is 0 Å². The molecule has 1 aliphatic rings. The number of benzene rings is 1. The molecule has 0 amide bonds. The summed E-state index contributed by atoms with van der Waals surface area (Å²) in [5.74, 6) is 0. The number of likely N-dealkylation sites (tertiary alicyclic amines) is 1. The molecular weight excluding hydrogens is 212 g/mol. The maximum absolute atomic E-state index is 10.0.